The maximum absolute atomic E-state index is 12.8. The van der Waals surface area contributed by atoms with Crippen LogP contribution in [0.4, 0.5) is 30.6 Å². The van der Waals surface area contributed by atoms with Gasteiger partial charge in [-0.2, -0.15) is 15.2 Å². The lowest BCUT2D eigenvalue weighted by atomic mass is 9.95. The topological polar surface area (TPSA) is 109 Å². The Morgan fingerprint density at radius 3 is 2.37 bits per heavy atom. The summed E-state index contributed by atoms with van der Waals surface area (Å²) >= 11 is 0. The number of piperidine rings is 1. The van der Waals surface area contributed by atoms with Crippen molar-refractivity contribution in [3.8, 4) is 11.3 Å². The molecule has 0 radical (unpaired) electrons. The van der Waals surface area contributed by atoms with Crippen LogP contribution in [-0.2, 0) is 0 Å². The first kappa shape index (κ1) is 32.7. The van der Waals surface area contributed by atoms with Gasteiger partial charge in [-0.25, -0.2) is 13.3 Å². The SMILES string of the molecule is CC.CC1CCN(C)CC1(F)F.CCCF.CN=Nc1ccc(-c2ccn3nc(N)nc(NC)c23)nc1C. The first-order valence-electron chi connectivity index (χ1n) is 12.8. The van der Waals surface area contributed by atoms with E-state index in [0.29, 0.717) is 18.7 Å². The van der Waals surface area contributed by atoms with Crippen LogP contribution in [0.25, 0.3) is 16.8 Å². The molecule has 1 aliphatic rings. The molecule has 0 bridgehead atoms. The third-order valence-corrected chi connectivity index (χ3v) is 5.64. The molecule has 4 rings (SSSR count). The predicted molar refractivity (Wildman–Crippen MR) is 149 cm³/mol. The average Bonchev–Trinajstić information content (AvgIpc) is 3.32. The van der Waals surface area contributed by atoms with Crippen LogP contribution in [0.5, 0.6) is 0 Å². The highest BCUT2D eigenvalue weighted by Crippen LogP contribution is 2.32. The van der Waals surface area contributed by atoms with E-state index in [1.54, 1.807) is 44.4 Å². The van der Waals surface area contributed by atoms with Gasteiger partial charge in [-0.1, -0.05) is 27.7 Å². The number of nitrogens with two attached hydrogens (primary N) is 1. The van der Waals surface area contributed by atoms with Gasteiger partial charge in [0.1, 0.15) is 11.2 Å². The molecule has 1 saturated heterocycles. The van der Waals surface area contributed by atoms with E-state index in [9.17, 15) is 13.2 Å². The van der Waals surface area contributed by atoms with E-state index in [1.165, 1.54) is 0 Å². The molecule has 1 aliphatic heterocycles. The summed E-state index contributed by atoms with van der Waals surface area (Å²) in [7, 11) is 5.16. The number of nitrogen functional groups attached to an aromatic ring is 1. The largest absolute Gasteiger partial charge is 0.371 e. The van der Waals surface area contributed by atoms with Gasteiger partial charge in [0.25, 0.3) is 5.92 Å². The molecule has 9 nitrogen and oxygen atoms in total. The molecule has 0 saturated carbocycles. The predicted octanol–water partition coefficient (Wildman–Crippen LogP) is 6.42. The number of nitrogens with zero attached hydrogens (tertiary/aromatic N) is 7. The minimum Gasteiger partial charge on any atom is -0.371 e. The Balaban J connectivity index is 0.000000375. The quantitative estimate of drug-likeness (QED) is 0.372. The second kappa shape index (κ2) is 15.9. The molecule has 4 heterocycles. The average molecular weight is 538 g/mol. The lowest BCUT2D eigenvalue weighted by Gasteiger charge is -2.34. The van der Waals surface area contributed by atoms with Crippen molar-refractivity contribution in [3.05, 3.63) is 30.1 Å². The van der Waals surface area contributed by atoms with Crippen LogP contribution >= 0.6 is 0 Å². The fourth-order valence-corrected chi connectivity index (χ4v) is 3.56. The summed E-state index contributed by atoms with van der Waals surface area (Å²) in [6, 6.07) is 5.74. The van der Waals surface area contributed by atoms with Crippen LogP contribution < -0.4 is 11.1 Å². The van der Waals surface area contributed by atoms with Crippen LogP contribution in [0.15, 0.2) is 34.6 Å². The number of aryl methyl sites for hydroxylation is 1. The van der Waals surface area contributed by atoms with E-state index in [-0.39, 0.29) is 19.2 Å². The number of rotatable bonds is 4. The van der Waals surface area contributed by atoms with Gasteiger partial charge in [-0.05, 0) is 51.6 Å². The Labute approximate surface area is 223 Å². The Morgan fingerprint density at radius 1 is 1.21 bits per heavy atom. The van der Waals surface area contributed by atoms with Gasteiger partial charge in [0.2, 0.25) is 5.95 Å². The van der Waals surface area contributed by atoms with Gasteiger partial charge < -0.3 is 16.0 Å². The standard InChI is InChI=1S/C14H16N8.C7H13F2N.C3H7F.C2H6/c1-8-10(20-17-3)4-5-11(18-8)9-6-7-22-12(9)13(16-2)19-14(15)21-22;1-6-3-4-10(2)5-7(6,8)9;1-2-3-4;1-2/h4-7H,1-3H3,(H3,15,16,19,21);6H,3-5H2,1-2H3;2-3H2,1H3;1-2H3. The van der Waals surface area contributed by atoms with Crippen molar-refractivity contribution in [2.75, 3.05) is 52.0 Å². The number of hydrogen-bond donors (Lipinski definition) is 2. The minimum absolute atomic E-state index is 0.0752. The van der Waals surface area contributed by atoms with Gasteiger partial charge >= 0.3 is 0 Å². The Kier molecular flexibility index (Phi) is 13.7. The number of azo groups is 1. The molecule has 3 aromatic heterocycles. The summed E-state index contributed by atoms with van der Waals surface area (Å²) in [6.07, 6.45) is 3.10. The molecular weight excluding hydrogens is 495 g/mol. The molecule has 1 atom stereocenters. The molecule has 3 N–H and O–H groups in total. The van der Waals surface area contributed by atoms with Gasteiger partial charge in [-0.15, -0.1) is 5.10 Å². The molecule has 0 aromatic carbocycles. The highest BCUT2D eigenvalue weighted by atomic mass is 19.3. The fourth-order valence-electron chi connectivity index (χ4n) is 3.56. The number of anilines is 2. The molecule has 38 heavy (non-hydrogen) atoms. The van der Waals surface area contributed by atoms with E-state index >= 15 is 0 Å². The van der Waals surface area contributed by atoms with Crippen molar-refractivity contribution in [2.45, 2.75) is 53.4 Å². The minimum atomic E-state index is -2.47. The van der Waals surface area contributed by atoms with Crippen molar-refractivity contribution in [1.82, 2.24) is 24.5 Å². The zero-order chi connectivity index (χ0) is 28.9. The molecule has 212 valence electrons. The van der Waals surface area contributed by atoms with Crippen molar-refractivity contribution >= 4 is 23.0 Å². The van der Waals surface area contributed by atoms with Gasteiger partial charge in [0.15, 0.2) is 5.82 Å². The number of pyridine rings is 1. The third-order valence-electron chi connectivity index (χ3n) is 5.64. The maximum atomic E-state index is 12.8. The summed E-state index contributed by atoms with van der Waals surface area (Å²) in [6.45, 7) is 9.87. The van der Waals surface area contributed by atoms with Gasteiger partial charge in [0, 0.05) is 31.8 Å². The van der Waals surface area contributed by atoms with E-state index in [1.807, 2.05) is 45.2 Å². The Bertz CT molecular complexity index is 1150. The molecule has 1 unspecified atom stereocenters. The second-order valence-corrected chi connectivity index (χ2v) is 8.57. The van der Waals surface area contributed by atoms with Gasteiger partial charge in [0.05, 0.1) is 24.6 Å². The van der Waals surface area contributed by atoms with E-state index < -0.39 is 11.8 Å². The highest BCUT2D eigenvalue weighted by molar-refractivity contribution is 5.87. The van der Waals surface area contributed by atoms with Crippen LogP contribution in [0.3, 0.4) is 0 Å². The lowest BCUT2D eigenvalue weighted by Crippen LogP contribution is -2.45. The summed E-state index contributed by atoms with van der Waals surface area (Å²) in [4.78, 5) is 10.5. The number of fused-ring (bicyclic) bond motifs is 1. The van der Waals surface area contributed by atoms with E-state index in [4.69, 9.17) is 5.73 Å². The zero-order valence-corrected chi connectivity index (χ0v) is 23.8. The first-order chi connectivity index (χ1) is 18.1. The molecule has 12 heteroatoms. The van der Waals surface area contributed by atoms with Crippen LogP contribution in [0.1, 0.15) is 46.2 Å². The van der Waals surface area contributed by atoms with E-state index in [0.717, 1.165) is 34.7 Å². The van der Waals surface area contributed by atoms with Crippen LogP contribution in [0.2, 0.25) is 0 Å². The Morgan fingerprint density at radius 2 is 1.87 bits per heavy atom. The zero-order valence-electron chi connectivity index (χ0n) is 23.8. The fraction of sp³-hybridized carbons (Fsp3) is 0.577. The molecule has 1 fully saturated rings. The molecule has 0 amide bonds. The van der Waals surface area contributed by atoms with Crippen LogP contribution in [-0.4, -0.2) is 71.3 Å². The summed E-state index contributed by atoms with van der Waals surface area (Å²) in [5.41, 5.74) is 9.84. The number of hydrogen-bond acceptors (Lipinski definition) is 8. The number of nitrogens with one attached hydrogen (secondary N) is 1. The van der Waals surface area contributed by atoms with E-state index in [2.05, 4.69) is 30.6 Å². The molecule has 0 aliphatic carbocycles. The Hall–Kier alpha value is -3.28. The van der Waals surface area contributed by atoms with Crippen molar-refractivity contribution in [3.63, 3.8) is 0 Å². The number of halogens is 3. The molecule has 3 aromatic rings. The number of likely N-dealkylation sites (tertiary alicyclic amines) is 1. The lowest BCUT2D eigenvalue weighted by molar-refractivity contribution is -0.0985. The van der Waals surface area contributed by atoms with Crippen molar-refractivity contribution in [1.29, 1.82) is 0 Å². The molecule has 0 spiro atoms. The summed E-state index contributed by atoms with van der Waals surface area (Å²) < 4.78 is 38.0. The van der Waals surface area contributed by atoms with Crippen molar-refractivity contribution < 1.29 is 13.2 Å². The summed E-state index contributed by atoms with van der Waals surface area (Å²) in [5, 5.41) is 15.0. The van der Waals surface area contributed by atoms with Crippen LogP contribution in [0, 0.1) is 12.8 Å². The third kappa shape index (κ3) is 8.93. The first-order valence-corrected chi connectivity index (χ1v) is 12.8. The van der Waals surface area contributed by atoms with Crippen molar-refractivity contribution in [2.24, 2.45) is 16.1 Å². The number of alkyl halides is 3. The second-order valence-electron chi connectivity index (χ2n) is 8.57. The highest BCUT2D eigenvalue weighted by Gasteiger charge is 2.40. The number of aromatic nitrogens is 4. The normalized spacial score (nSPS) is 16.6. The van der Waals surface area contributed by atoms with Gasteiger partial charge in [-0.3, -0.25) is 9.37 Å². The summed E-state index contributed by atoms with van der Waals surface area (Å²) in [5.74, 6) is -2.04. The monoisotopic (exact) mass is 537 g/mol. The maximum Gasteiger partial charge on any atom is 0.263 e. The smallest absolute Gasteiger partial charge is 0.263 e. The molecular formula is C26H42F3N9.